The number of nitrogens with two attached hydrogens (primary N) is 1. The van der Waals surface area contributed by atoms with Crippen molar-refractivity contribution < 1.29 is 0 Å². The molecule has 0 spiro atoms. The van der Waals surface area contributed by atoms with E-state index in [1.807, 2.05) is 19.9 Å². The van der Waals surface area contributed by atoms with E-state index in [2.05, 4.69) is 27.9 Å². The van der Waals surface area contributed by atoms with Crippen molar-refractivity contribution in [3.8, 4) is 6.07 Å². The van der Waals surface area contributed by atoms with Crippen molar-refractivity contribution in [2.45, 2.75) is 39.8 Å². The summed E-state index contributed by atoms with van der Waals surface area (Å²) in [7, 11) is 0. The summed E-state index contributed by atoms with van der Waals surface area (Å²) in [6.07, 6.45) is 5.73. The second-order valence-electron chi connectivity index (χ2n) is 5.53. The third kappa shape index (κ3) is 2.94. The van der Waals surface area contributed by atoms with Crippen LogP contribution in [0.5, 0.6) is 0 Å². The molecule has 0 saturated heterocycles. The molecule has 0 unspecified atom stereocenters. The number of hydrogen-bond donors (Lipinski definition) is 1. The molecule has 0 atom stereocenters. The fourth-order valence-electron chi connectivity index (χ4n) is 2.28. The Labute approximate surface area is 113 Å². The number of fused-ring (bicyclic) bond motifs is 1. The maximum absolute atomic E-state index is 9.02. The highest BCUT2D eigenvalue weighted by molar-refractivity contribution is 5.80. The van der Waals surface area contributed by atoms with E-state index < -0.39 is 0 Å². The van der Waals surface area contributed by atoms with Crippen LogP contribution in [0.15, 0.2) is 24.5 Å². The van der Waals surface area contributed by atoms with E-state index in [9.17, 15) is 0 Å². The summed E-state index contributed by atoms with van der Waals surface area (Å²) in [6.45, 7) is 5.35. The first-order valence-corrected chi connectivity index (χ1v) is 6.61. The van der Waals surface area contributed by atoms with Gasteiger partial charge in [0, 0.05) is 30.9 Å². The number of rotatable bonds is 5. The zero-order valence-electron chi connectivity index (χ0n) is 11.6. The fraction of sp³-hybridized carbons (Fsp3) is 0.467. The highest BCUT2D eigenvalue weighted by Gasteiger charge is 2.16. The van der Waals surface area contributed by atoms with E-state index in [4.69, 9.17) is 11.0 Å². The fourth-order valence-corrected chi connectivity index (χ4v) is 2.28. The molecular weight excluding hydrogens is 236 g/mol. The quantitative estimate of drug-likeness (QED) is 0.894. The highest BCUT2D eigenvalue weighted by atomic mass is 15.0. The number of hydrogen-bond acceptors (Lipinski definition) is 3. The van der Waals surface area contributed by atoms with Gasteiger partial charge in [-0.05, 0) is 44.4 Å². The van der Waals surface area contributed by atoms with Crippen LogP contribution < -0.4 is 5.73 Å². The first-order valence-electron chi connectivity index (χ1n) is 6.61. The van der Waals surface area contributed by atoms with Crippen LogP contribution in [0.4, 0.5) is 0 Å². The lowest BCUT2D eigenvalue weighted by Crippen LogP contribution is -2.09. The van der Waals surface area contributed by atoms with Gasteiger partial charge in [0.15, 0.2) is 0 Å². The molecule has 4 heteroatoms. The Morgan fingerprint density at radius 2 is 2.26 bits per heavy atom. The van der Waals surface area contributed by atoms with Crippen LogP contribution in [0.2, 0.25) is 0 Å². The average Bonchev–Trinajstić information content (AvgIpc) is 2.77. The summed E-state index contributed by atoms with van der Waals surface area (Å²) < 4.78 is 2.14. The van der Waals surface area contributed by atoms with Gasteiger partial charge in [-0.15, -0.1) is 0 Å². The molecule has 2 N–H and O–H groups in total. The minimum absolute atomic E-state index is 0.257. The van der Waals surface area contributed by atoms with Gasteiger partial charge in [-0.1, -0.05) is 0 Å². The highest BCUT2D eigenvalue weighted by Crippen LogP contribution is 2.23. The average molecular weight is 256 g/mol. The molecule has 19 heavy (non-hydrogen) atoms. The number of nitrogens with zero attached hydrogens (tertiary/aromatic N) is 3. The minimum Gasteiger partial charge on any atom is -0.332 e. The Kier molecular flexibility index (Phi) is 3.87. The van der Waals surface area contributed by atoms with E-state index in [1.54, 1.807) is 6.20 Å². The SMILES string of the molecule is CC(C)(C#N)CCCn1cc(CN)c2cccnc21. The van der Waals surface area contributed by atoms with Crippen LogP contribution in [0.25, 0.3) is 11.0 Å². The molecule has 100 valence electrons. The normalized spacial score (nSPS) is 11.7. The molecule has 0 saturated carbocycles. The summed E-state index contributed by atoms with van der Waals surface area (Å²) in [6, 6.07) is 6.33. The number of nitriles is 1. The van der Waals surface area contributed by atoms with E-state index >= 15 is 0 Å². The third-order valence-electron chi connectivity index (χ3n) is 3.44. The predicted molar refractivity (Wildman–Crippen MR) is 76.3 cm³/mol. The van der Waals surface area contributed by atoms with Crippen molar-refractivity contribution in [1.82, 2.24) is 9.55 Å². The molecule has 2 aromatic rings. The summed E-state index contributed by atoms with van der Waals surface area (Å²) in [5.41, 5.74) is 7.62. The smallest absolute Gasteiger partial charge is 0.140 e. The second kappa shape index (κ2) is 5.41. The van der Waals surface area contributed by atoms with Gasteiger partial charge in [0.2, 0.25) is 0 Å². The molecule has 2 rings (SSSR count). The Bertz CT molecular complexity index is 604. The van der Waals surface area contributed by atoms with Crippen molar-refractivity contribution in [1.29, 1.82) is 5.26 Å². The molecule has 0 aromatic carbocycles. The zero-order valence-corrected chi connectivity index (χ0v) is 11.6. The second-order valence-corrected chi connectivity index (χ2v) is 5.53. The molecule has 0 bridgehead atoms. The first kappa shape index (κ1) is 13.6. The van der Waals surface area contributed by atoms with Crippen molar-refractivity contribution in [2.24, 2.45) is 11.1 Å². The van der Waals surface area contributed by atoms with Gasteiger partial charge in [0.05, 0.1) is 11.5 Å². The van der Waals surface area contributed by atoms with Gasteiger partial charge in [-0.3, -0.25) is 0 Å². The van der Waals surface area contributed by atoms with Gasteiger partial charge in [0.25, 0.3) is 0 Å². The molecule has 0 aliphatic carbocycles. The molecule has 2 heterocycles. The molecule has 0 amide bonds. The maximum Gasteiger partial charge on any atom is 0.140 e. The summed E-state index contributed by atoms with van der Waals surface area (Å²) in [5.74, 6) is 0. The molecule has 0 aliphatic rings. The Morgan fingerprint density at radius 1 is 1.47 bits per heavy atom. The van der Waals surface area contributed by atoms with Crippen molar-refractivity contribution in [3.05, 3.63) is 30.1 Å². The Hall–Kier alpha value is -1.86. The van der Waals surface area contributed by atoms with E-state index in [1.165, 1.54) is 0 Å². The first-order chi connectivity index (χ1) is 9.07. The molecule has 0 aliphatic heterocycles. The molecule has 0 fully saturated rings. The van der Waals surface area contributed by atoms with Crippen LogP contribution in [-0.2, 0) is 13.1 Å². The van der Waals surface area contributed by atoms with E-state index in [0.29, 0.717) is 6.54 Å². The van der Waals surface area contributed by atoms with Gasteiger partial charge in [0.1, 0.15) is 5.65 Å². The molecule has 2 aromatic heterocycles. The monoisotopic (exact) mass is 256 g/mol. The van der Waals surface area contributed by atoms with Gasteiger partial charge in [-0.25, -0.2) is 4.98 Å². The zero-order chi connectivity index (χ0) is 13.9. The summed E-state index contributed by atoms with van der Waals surface area (Å²) >= 11 is 0. The van der Waals surface area contributed by atoms with Crippen LogP contribution in [0.1, 0.15) is 32.3 Å². The third-order valence-corrected chi connectivity index (χ3v) is 3.44. The van der Waals surface area contributed by atoms with Gasteiger partial charge >= 0.3 is 0 Å². The van der Waals surface area contributed by atoms with Crippen molar-refractivity contribution >= 4 is 11.0 Å². The summed E-state index contributed by atoms with van der Waals surface area (Å²) in [5, 5.41) is 10.1. The molecular formula is C15H20N4. The number of pyridine rings is 1. The Balaban J connectivity index is 2.16. The molecule has 4 nitrogen and oxygen atoms in total. The lowest BCUT2D eigenvalue weighted by atomic mass is 9.90. The summed E-state index contributed by atoms with van der Waals surface area (Å²) in [4.78, 5) is 4.43. The topological polar surface area (TPSA) is 67.6 Å². The standard InChI is InChI=1S/C15H20N4/c1-15(2,11-17)6-4-8-19-10-12(9-16)13-5-3-7-18-14(13)19/h3,5,7,10H,4,6,8-9,16H2,1-2H3. The minimum atomic E-state index is -0.257. The molecule has 0 radical (unpaired) electrons. The van der Waals surface area contributed by atoms with Crippen LogP contribution >= 0.6 is 0 Å². The number of aromatic nitrogens is 2. The van der Waals surface area contributed by atoms with Gasteiger partial charge in [-0.2, -0.15) is 5.26 Å². The Morgan fingerprint density at radius 3 is 2.95 bits per heavy atom. The van der Waals surface area contributed by atoms with Crippen LogP contribution in [0, 0.1) is 16.7 Å². The lowest BCUT2D eigenvalue weighted by Gasteiger charge is -2.14. The van der Waals surface area contributed by atoms with Crippen LogP contribution in [0.3, 0.4) is 0 Å². The van der Waals surface area contributed by atoms with Crippen molar-refractivity contribution in [3.63, 3.8) is 0 Å². The largest absolute Gasteiger partial charge is 0.332 e. The lowest BCUT2D eigenvalue weighted by molar-refractivity contribution is 0.417. The maximum atomic E-state index is 9.02. The predicted octanol–water partition coefficient (Wildman–Crippen LogP) is 2.82. The van der Waals surface area contributed by atoms with Crippen molar-refractivity contribution in [2.75, 3.05) is 0 Å². The number of aryl methyl sites for hydroxylation is 1. The van der Waals surface area contributed by atoms with E-state index in [0.717, 1.165) is 36.0 Å². The van der Waals surface area contributed by atoms with Crippen LogP contribution in [-0.4, -0.2) is 9.55 Å². The van der Waals surface area contributed by atoms with Gasteiger partial charge < -0.3 is 10.3 Å². The van der Waals surface area contributed by atoms with E-state index in [-0.39, 0.29) is 5.41 Å².